The molecule has 0 aliphatic heterocycles. The zero-order valence-corrected chi connectivity index (χ0v) is 10.4. The lowest BCUT2D eigenvalue weighted by Gasteiger charge is -2.15. The lowest BCUT2D eigenvalue weighted by atomic mass is 9.99. The summed E-state index contributed by atoms with van der Waals surface area (Å²) in [7, 11) is 3.26. The molecule has 3 nitrogen and oxygen atoms in total. The van der Waals surface area contributed by atoms with Crippen LogP contribution in [0.15, 0.2) is 24.3 Å². The van der Waals surface area contributed by atoms with E-state index in [1.54, 1.807) is 14.2 Å². The number of methoxy groups -OCH3 is 2. The molecule has 0 atom stereocenters. The summed E-state index contributed by atoms with van der Waals surface area (Å²) in [6.07, 6.45) is 1.27. The quantitative estimate of drug-likeness (QED) is 0.812. The number of ketones is 1. The number of rotatable bonds is 2. The Morgan fingerprint density at radius 2 is 1.56 bits per heavy atom. The van der Waals surface area contributed by atoms with Crippen LogP contribution in [0.4, 0.5) is 0 Å². The molecule has 0 heterocycles. The van der Waals surface area contributed by atoms with Gasteiger partial charge < -0.3 is 9.47 Å². The fourth-order valence-corrected chi connectivity index (χ4v) is 2.77. The van der Waals surface area contributed by atoms with E-state index < -0.39 is 0 Å². The van der Waals surface area contributed by atoms with Crippen molar-refractivity contribution in [2.45, 2.75) is 12.8 Å². The molecule has 1 aliphatic rings. The normalized spacial score (nSPS) is 13.8. The Bertz CT molecular complexity index is 644. The summed E-state index contributed by atoms with van der Waals surface area (Å²) in [5.74, 6) is 1.64. The molecule has 1 aliphatic carbocycles. The SMILES string of the molecule is COc1c2c(c(OC)c3ccccc13)C(=O)CC2. The van der Waals surface area contributed by atoms with E-state index in [1.807, 2.05) is 24.3 Å². The molecule has 18 heavy (non-hydrogen) atoms. The minimum absolute atomic E-state index is 0.144. The highest BCUT2D eigenvalue weighted by Crippen LogP contribution is 2.44. The maximum atomic E-state index is 12.0. The highest BCUT2D eigenvalue weighted by molar-refractivity contribution is 6.11. The van der Waals surface area contributed by atoms with Crippen LogP contribution in [0.5, 0.6) is 11.5 Å². The Labute approximate surface area is 105 Å². The van der Waals surface area contributed by atoms with Crippen LogP contribution in [-0.4, -0.2) is 20.0 Å². The van der Waals surface area contributed by atoms with E-state index >= 15 is 0 Å². The van der Waals surface area contributed by atoms with Crippen LogP contribution < -0.4 is 9.47 Å². The topological polar surface area (TPSA) is 35.5 Å². The van der Waals surface area contributed by atoms with Crippen molar-refractivity contribution >= 4 is 16.6 Å². The van der Waals surface area contributed by atoms with Crippen LogP contribution in [0.1, 0.15) is 22.3 Å². The first-order valence-corrected chi connectivity index (χ1v) is 5.96. The minimum atomic E-state index is 0.144. The largest absolute Gasteiger partial charge is 0.496 e. The van der Waals surface area contributed by atoms with Crippen LogP contribution in [0, 0.1) is 0 Å². The molecule has 2 aromatic carbocycles. The van der Waals surface area contributed by atoms with Crippen LogP contribution in [0.25, 0.3) is 10.8 Å². The zero-order chi connectivity index (χ0) is 12.7. The molecule has 0 N–H and O–H groups in total. The number of carbonyl (C=O) groups excluding carboxylic acids is 1. The van der Waals surface area contributed by atoms with E-state index in [0.29, 0.717) is 17.7 Å². The van der Waals surface area contributed by atoms with Crippen molar-refractivity contribution < 1.29 is 14.3 Å². The third-order valence-corrected chi connectivity index (χ3v) is 3.51. The minimum Gasteiger partial charge on any atom is -0.496 e. The molecule has 3 rings (SSSR count). The van der Waals surface area contributed by atoms with E-state index in [4.69, 9.17) is 9.47 Å². The molecule has 0 unspecified atom stereocenters. The molecular formula is C15H14O3. The van der Waals surface area contributed by atoms with Gasteiger partial charge in [0.25, 0.3) is 0 Å². The van der Waals surface area contributed by atoms with E-state index in [2.05, 4.69) is 0 Å². The van der Waals surface area contributed by atoms with Gasteiger partial charge in [-0.1, -0.05) is 24.3 Å². The van der Waals surface area contributed by atoms with E-state index in [1.165, 1.54) is 0 Å². The van der Waals surface area contributed by atoms with Gasteiger partial charge >= 0.3 is 0 Å². The maximum absolute atomic E-state index is 12.0. The van der Waals surface area contributed by atoms with Crippen molar-refractivity contribution in [1.82, 2.24) is 0 Å². The average molecular weight is 242 g/mol. The molecule has 0 fully saturated rings. The van der Waals surface area contributed by atoms with E-state index in [0.717, 1.165) is 28.5 Å². The first kappa shape index (κ1) is 11.1. The second-order valence-electron chi connectivity index (χ2n) is 4.39. The van der Waals surface area contributed by atoms with E-state index in [9.17, 15) is 4.79 Å². The Morgan fingerprint density at radius 1 is 0.944 bits per heavy atom. The summed E-state index contributed by atoms with van der Waals surface area (Å²) in [5.41, 5.74) is 1.69. The molecule has 0 aromatic heterocycles. The fourth-order valence-electron chi connectivity index (χ4n) is 2.77. The molecule has 0 bridgehead atoms. The van der Waals surface area contributed by atoms with Crippen LogP contribution in [-0.2, 0) is 6.42 Å². The second-order valence-corrected chi connectivity index (χ2v) is 4.39. The van der Waals surface area contributed by atoms with Crippen LogP contribution >= 0.6 is 0 Å². The summed E-state index contributed by atoms with van der Waals surface area (Å²) in [6.45, 7) is 0. The first-order chi connectivity index (χ1) is 8.77. The van der Waals surface area contributed by atoms with Crippen molar-refractivity contribution in [2.75, 3.05) is 14.2 Å². The number of ether oxygens (including phenoxy) is 2. The fraction of sp³-hybridized carbons (Fsp3) is 0.267. The van der Waals surface area contributed by atoms with Crippen LogP contribution in [0.3, 0.4) is 0 Å². The number of hydrogen-bond donors (Lipinski definition) is 0. The summed E-state index contributed by atoms with van der Waals surface area (Å²) in [6, 6.07) is 7.87. The molecule has 0 spiro atoms. The zero-order valence-electron chi connectivity index (χ0n) is 10.4. The molecule has 2 aromatic rings. The standard InChI is InChI=1S/C15H14O3/c1-17-14-9-5-3-4-6-10(9)15(18-2)13-11(14)7-8-12(13)16/h3-6H,7-8H2,1-2H3. The number of hydrogen-bond acceptors (Lipinski definition) is 3. The second kappa shape index (κ2) is 4.02. The number of fused-ring (bicyclic) bond motifs is 2. The van der Waals surface area contributed by atoms with Crippen molar-refractivity contribution in [3.05, 3.63) is 35.4 Å². The van der Waals surface area contributed by atoms with Crippen LogP contribution in [0.2, 0.25) is 0 Å². The van der Waals surface area contributed by atoms with Gasteiger partial charge in [0.1, 0.15) is 11.5 Å². The maximum Gasteiger partial charge on any atom is 0.167 e. The van der Waals surface area contributed by atoms with Gasteiger partial charge in [-0.2, -0.15) is 0 Å². The monoisotopic (exact) mass is 242 g/mol. The van der Waals surface area contributed by atoms with Crippen molar-refractivity contribution in [1.29, 1.82) is 0 Å². The smallest absolute Gasteiger partial charge is 0.167 e. The van der Waals surface area contributed by atoms with Gasteiger partial charge in [-0.15, -0.1) is 0 Å². The Kier molecular flexibility index (Phi) is 2.47. The molecule has 3 heteroatoms. The number of Topliss-reactive ketones (excluding diaryl/α,β-unsaturated/α-hetero) is 1. The summed E-state index contributed by atoms with van der Waals surface area (Å²) in [5, 5.41) is 1.94. The third-order valence-electron chi connectivity index (χ3n) is 3.51. The molecular weight excluding hydrogens is 228 g/mol. The van der Waals surface area contributed by atoms with E-state index in [-0.39, 0.29) is 5.78 Å². The average Bonchev–Trinajstić information content (AvgIpc) is 2.78. The summed E-state index contributed by atoms with van der Waals surface area (Å²) < 4.78 is 11.0. The number of benzene rings is 2. The molecule has 92 valence electrons. The van der Waals surface area contributed by atoms with Crippen molar-refractivity contribution in [3.63, 3.8) is 0 Å². The molecule has 0 saturated heterocycles. The molecule has 0 radical (unpaired) electrons. The molecule has 0 amide bonds. The summed E-state index contributed by atoms with van der Waals surface area (Å²) >= 11 is 0. The predicted molar refractivity (Wildman–Crippen MR) is 69.7 cm³/mol. The Hall–Kier alpha value is -2.03. The first-order valence-electron chi connectivity index (χ1n) is 5.96. The Morgan fingerprint density at radius 3 is 2.17 bits per heavy atom. The predicted octanol–water partition coefficient (Wildman–Crippen LogP) is 2.99. The number of carbonyl (C=O) groups is 1. The highest BCUT2D eigenvalue weighted by atomic mass is 16.5. The van der Waals surface area contributed by atoms with Crippen molar-refractivity contribution in [2.24, 2.45) is 0 Å². The van der Waals surface area contributed by atoms with Gasteiger partial charge in [-0.05, 0) is 6.42 Å². The third kappa shape index (κ3) is 1.33. The molecule has 0 saturated carbocycles. The Balaban J connectivity index is 2.50. The lowest BCUT2D eigenvalue weighted by Crippen LogP contribution is -2.00. The van der Waals surface area contributed by atoms with Gasteiger partial charge in [-0.25, -0.2) is 0 Å². The van der Waals surface area contributed by atoms with Gasteiger partial charge in [-0.3, -0.25) is 4.79 Å². The van der Waals surface area contributed by atoms with Gasteiger partial charge in [0, 0.05) is 22.8 Å². The van der Waals surface area contributed by atoms with Gasteiger partial charge in [0.2, 0.25) is 0 Å². The van der Waals surface area contributed by atoms with Crippen molar-refractivity contribution in [3.8, 4) is 11.5 Å². The van der Waals surface area contributed by atoms with Gasteiger partial charge in [0.15, 0.2) is 5.78 Å². The highest BCUT2D eigenvalue weighted by Gasteiger charge is 2.29. The van der Waals surface area contributed by atoms with Gasteiger partial charge in [0.05, 0.1) is 19.8 Å². The lowest BCUT2D eigenvalue weighted by molar-refractivity contribution is 0.0992. The summed E-state index contributed by atoms with van der Waals surface area (Å²) in [4.78, 5) is 12.0.